The lowest BCUT2D eigenvalue weighted by atomic mass is 10.0. The highest BCUT2D eigenvalue weighted by Crippen LogP contribution is 2.38. The van der Waals surface area contributed by atoms with Crippen LogP contribution in [0.3, 0.4) is 0 Å². The zero-order chi connectivity index (χ0) is 23.6. The molecule has 1 aliphatic rings. The van der Waals surface area contributed by atoms with Gasteiger partial charge in [-0.05, 0) is 74.0 Å². The summed E-state index contributed by atoms with van der Waals surface area (Å²) in [5.74, 6) is 1.30. The predicted molar refractivity (Wildman–Crippen MR) is 130 cm³/mol. The number of nitriles is 1. The summed E-state index contributed by atoms with van der Waals surface area (Å²) < 4.78 is 37.7. The van der Waals surface area contributed by atoms with Crippen molar-refractivity contribution in [2.45, 2.75) is 52.2 Å². The van der Waals surface area contributed by atoms with Crippen LogP contribution in [0, 0.1) is 11.3 Å². The van der Waals surface area contributed by atoms with E-state index in [0.29, 0.717) is 28.6 Å². The Kier molecular flexibility index (Phi) is 6.79. The molecule has 3 aromatic rings. The predicted octanol–water partition coefficient (Wildman–Crippen LogP) is 4.85. The third kappa shape index (κ3) is 5.08. The van der Waals surface area contributed by atoms with E-state index in [-0.39, 0.29) is 17.9 Å². The van der Waals surface area contributed by atoms with Crippen molar-refractivity contribution in [3.63, 3.8) is 0 Å². The van der Waals surface area contributed by atoms with Crippen LogP contribution < -0.4 is 9.46 Å². The van der Waals surface area contributed by atoms with Crippen LogP contribution in [0.1, 0.15) is 56.3 Å². The first-order valence-electron chi connectivity index (χ1n) is 11.0. The molecule has 9 heteroatoms. The highest BCUT2D eigenvalue weighted by Gasteiger charge is 2.29. The van der Waals surface area contributed by atoms with Crippen LogP contribution in [-0.2, 0) is 16.4 Å². The largest absolute Gasteiger partial charge is 0.490 e. The summed E-state index contributed by atoms with van der Waals surface area (Å²) in [5.41, 5.74) is 4.27. The third-order valence-electron chi connectivity index (χ3n) is 5.44. The molecule has 0 aliphatic heterocycles. The first kappa shape index (κ1) is 23.4. The van der Waals surface area contributed by atoms with Gasteiger partial charge in [0.1, 0.15) is 16.8 Å². The SMILES string of the molecule is CCCS(=O)(=O)N[C@H]1CCc2c(-c3nsc(-c4ccc(OC(C)C)c(C#N)c4)n3)cccc21. The molecule has 0 unspecified atom stereocenters. The molecule has 172 valence electrons. The van der Waals surface area contributed by atoms with Crippen molar-refractivity contribution in [2.24, 2.45) is 0 Å². The van der Waals surface area contributed by atoms with Crippen molar-refractivity contribution in [3.8, 4) is 33.8 Å². The molecule has 0 radical (unpaired) electrons. The van der Waals surface area contributed by atoms with Gasteiger partial charge in [0.15, 0.2) is 5.82 Å². The van der Waals surface area contributed by atoms with Crippen molar-refractivity contribution in [3.05, 3.63) is 53.1 Å². The van der Waals surface area contributed by atoms with E-state index in [1.54, 1.807) is 12.1 Å². The van der Waals surface area contributed by atoms with E-state index in [1.165, 1.54) is 11.5 Å². The van der Waals surface area contributed by atoms with Gasteiger partial charge < -0.3 is 4.74 Å². The molecule has 1 N–H and O–H groups in total. The van der Waals surface area contributed by atoms with Crippen LogP contribution in [0.25, 0.3) is 22.0 Å². The van der Waals surface area contributed by atoms with Crippen molar-refractivity contribution >= 4 is 21.6 Å². The number of nitrogens with one attached hydrogen (secondary N) is 1. The average Bonchev–Trinajstić information content (AvgIpc) is 3.41. The summed E-state index contributed by atoms with van der Waals surface area (Å²) in [6.45, 7) is 5.70. The Morgan fingerprint density at radius 2 is 2.12 bits per heavy atom. The number of ether oxygens (including phenoxy) is 1. The van der Waals surface area contributed by atoms with Crippen molar-refractivity contribution < 1.29 is 13.2 Å². The Morgan fingerprint density at radius 1 is 1.30 bits per heavy atom. The minimum Gasteiger partial charge on any atom is -0.490 e. The van der Waals surface area contributed by atoms with Gasteiger partial charge >= 0.3 is 0 Å². The summed E-state index contributed by atoms with van der Waals surface area (Å²) in [7, 11) is -3.30. The molecule has 0 spiro atoms. The second-order valence-electron chi connectivity index (χ2n) is 8.31. The smallest absolute Gasteiger partial charge is 0.212 e. The maximum absolute atomic E-state index is 12.3. The number of fused-ring (bicyclic) bond motifs is 1. The first-order valence-corrected chi connectivity index (χ1v) is 13.4. The highest BCUT2D eigenvalue weighted by atomic mass is 32.2. The molecule has 0 saturated carbocycles. The van der Waals surface area contributed by atoms with Crippen LogP contribution in [0.5, 0.6) is 5.75 Å². The molecule has 2 aromatic carbocycles. The molecular weight excluding hydrogens is 456 g/mol. The summed E-state index contributed by atoms with van der Waals surface area (Å²) in [6, 6.07) is 13.3. The van der Waals surface area contributed by atoms with Gasteiger partial charge in [-0.1, -0.05) is 25.1 Å². The topological polar surface area (TPSA) is 105 Å². The second-order valence-corrected chi connectivity index (χ2v) is 10.9. The monoisotopic (exact) mass is 482 g/mol. The van der Waals surface area contributed by atoms with Gasteiger partial charge in [0.05, 0.1) is 17.4 Å². The quantitative estimate of drug-likeness (QED) is 0.492. The van der Waals surface area contributed by atoms with Crippen molar-refractivity contribution in [2.75, 3.05) is 5.75 Å². The van der Waals surface area contributed by atoms with Gasteiger partial charge in [-0.3, -0.25) is 0 Å². The van der Waals surface area contributed by atoms with Crippen molar-refractivity contribution in [1.82, 2.24) is 14.1 Å². The van der Waals surface area contributed by atoms with E-state index in [0.717, 1.165) is 35.1 Å². The van der Waals surface area contributed by atoms with Gasteiger partial charge in [-0.2, -0.15) is 9.64 Å². The lowest BCUT2D eigenvalue weighted by molar-refractivity contribution is 0.242. The molecule has 33 heavy (non-hydrogen) atoms. The maximum Gasteiger partial charge on any atom is 0.212 e. The van der Waals surface area contributed by atoms with Gasteiger partial charge in [0.2, 0.25) is 10.0 Å². The fraction of sp³-hybridized carbons (Fsp3) is 0.375. The summed E-state index contributed by atoms with van der Waals surface area (Å²) in [4.78, 5) is 4.74. The van der Waals surface area contributed by atoms with Gasteiger partial charge in [-0.15, -0.1) is 0 Å². The molecule has 0 fully saturated rings. The Morgan fingerprint density at radius 3 is 2.85 bits per heavy atom. The molecule has 4 rings (SSSR count). The zero-order valence-corrected chi connectivity index (χ0v) is 20.5. The Bertz CT molecular complexity index is 1310. The number of sulfonamides is 1. The molecule has 7 nitrogen and oxygen atoms in total. The minimum absolute atomic E-state index is 0.0217. The second kappa shape index (κ2) is 9.59. The van der Waals surface area contributed by atoms with Gasteiger partial charge in [0.25, 0.3) is 0 Å². The molecule has 0 bridgehead atoms. The molecule has 1 atom stereocenters. The van der Waals surface area contributed by atoms with E-state index in [4.69, 9.17) is 9.72 Å². The van der Waals surface area contributed by atoms with Crippen LogP contribution in [0.4, 0.5) is 0 Å². The zero-order valence-electron chi connectivity index (χ0n) is 18.8. The van der Waals surface area contributed by atoms with Crippen LogP contribution >= 0.6 is 11.5 Å². The Hall–Kier alpha value is -2.80. The van der Waals surface area contributed by atoms with Crippen LogP contribution in [-0.4, -0.2) is 29.6 Å². The number of nitrogens with zero attached hydrogens (tertiary/aromatic N) is 3. The number of rotatable bonds is 8. The summed E-state index contributed by atoms with van der Waals surface area (Å²) in [6.07, 6.45) is 2.04. The summed E-state index contributed by atoms with van der Waals surface area (Å²) >= 11 is 1.28. The lowest BCUT2D eigenvalue weighted by Crippen LogP contribution is -2.29. The van der Waals surface area contributed by atoms with Crippen molar-refractivity contribution in [1.29, 1.82) is 5.26 Å². The molecule has 1 aromatic heterocycles. The van der Waals surface area contributed by atoms with Gasteiger partial charge in [-0.25, -0.2) is 18.1 Å². The fourth-order valence-electron chi connectivity index (χ4n) is 4.09. The molecule has 0 saturated heterocycles. The third-order valence-corrected chi connectivity index (χ3v) is 7.80. The highest BCUT2D eigenvalue weighted by molar-refractivity contribution is 7.89. The molecule has 1 heterocycles. The maximum atomic E-state index is 12.3. The Labute approximate surface area is 198 Å². The molecule has 1 aliphatic carbocycles. The molecular formula is C24H26N4O3S2. The lowest BCUT2D eigenvalue weighted by Gasteiger charge is -2.14. The van der Waals surface area contributed by atoms with Gasteiger partial charge in [0, 0.05) is 17.2 Å². The number of benzene rings is 2. The minimum atomic E-state index is -3.30. The van der Waals surface area contributed by atoms with E-state index >= 15 is 0 Å². The normalized spacial score (nSPS) is 15.4. The fourth-order valence-corrected chi connectivity index (χ4v) is 6.09. The number of aromatic nitrogens is 2. The molecule has 0 amide bonds. The number of hydrogen-bond donors (Lipinski definition) is 1. The van der Waals surface area contributed by atoms with E-state index in [2.05, 4.69) is 15.2 Å². The van der Waals surface area contributed by atoms with Crippen LogP contribution in [0.2, 0.25) is 0 Å². The first-order chi connectivity index (χ1) is 15.8. The van der Waals surface area contributed by atoms with E-state index in [9.17, 15) is 13.7 Å². The van der Waals surface area contributed by atoms with E-state index in [1.807, 2.05) is 45.0 Å². The Balaban J connectivity index is 1.63. The van der Waals surface area contributed by atoms with Crippen LogP contribution in [0.15, 0.2) is 36.4 Å². The average molecular weight is 483 g/mol. The van der Waals surface area contributed by atoms with E-state index < -0.39 is 10.0 Å². The summed E-state index contributed by atoms with van der Waals surface area (Å²) in [5, 5.41) is 10.2. The standard InChI is InChI=1S/C24H26N4O3S2/c1-4-12-33(29,30)28-21-10-9-18-19(21)6-5-7-20(18)23-26-24(32-27-23)16-8-11-22(31-15(2)3)17(13-16)14-25/h5-8,11,13,15,21,28H,4,9-10,12H2,1-3H3/t21-/m0/s1. The number of hydrogen-bond acceptors (Lipinski definition) is 7.